The lowest BCUT2D eigenvalue weighted by Crippen LogP contribution is -2.01. The highest BCUT2D eigenvalue weighted by Gasteiger charge is 2.06. The molecule has 0 atom stereocenters. The summed E-state index contributed by atoms with van der Waals surface area (Å²) in [6.45, 7) is 0.474. The molecule has 0 saturated heterocycles. The summed E-state index contributed by atoms with van der Waals surface area (Å²) >= 11 is 9.64. The molecule has 0 fully saturated rings. The Morgan fingerprint density at radius 3 is 2.57 bits per heavy atom. The first-order chi connectivity index (χ1) is 10.1. The molecule has 0 radical (unpaired) electrons. The van der Waals surface area contributed by atoms with Gasteiger partial charge in [-0.05, 0) is 41.3 Å². The summed E-state index contributed by atoms with van der Waals surface area (Å²) in [4.78, 5) is 0. The number of anilines is 1. The lowest BCUT2D eigenvalue weighted by molar-refractivity contribution is 0.626. The molecular weight excluding hydrogens is 353 g/mol. The van der Waals surface area contributed by atoms with Crippen LogP contribution in [0.15, 0.2) is 59.1 Å². The first kappa shape index (κ1) is 14.4. The van der Waals surface area contributed by atoms with Crippen molar-refractivity contribution < 1.29 is 4.39 Å². The van der Waals surface area contributed by atoms with E-state index in [0.29, 0.717) is 11.6 Å². The zero-order valence-electron chi connectivity index (χ0n) is 11.0. The molecule has 3 aromatic rings. The summed E-state index contributed by atoms with van der Waals surface area (Å²) in [6, 6.07) is 16.5. The van der Waals surface area contributed by atoms with Gasteiger partial charge in [0.05, 0.1) is 0 Å². The third-order valence-electron chi connectivity index (χ3n) is 3.35. The molecule has 0 saturated carbocycles. The van der Waals surface area contributed by atoms with Crippen molar-refractivity contribution >= 4 is 44.0 Å². The fourth-order valence-corrected chi connectivity index (χ4v) is 2.95. The molecule has 0 spiro atoms. The van der Waals surface area contributed by atoms with Crippen molar-refractivity contribution in [3.63, 3.8) is 0 Å². The maximum Gasteiger partial charge on any atom is 0.123 e. The van der Waals surface area contributed by atoms with Crippen molar-refractivity contribution in [3.05, 3.63) is 75.5 Å². The average Bonchev–Trinajstić information content (AvgIpc) is 2.50. The number of hydrogen-bond donors (Lipinski definition) is 1. The predicted molar refractivity (Wildman–Crippen MR) is 90.4 cm³/mol. The van der Waals surface area contributed by atoms with Crippen LogP contribution in [0.3, 0.4) is 0 Å². The zero-order chi connectivity index (χ0) is 14.8. The van der Waals surface area contributed by atoms with Crippen molar-refractivity contribution in [3.8, 4) is 0 Å². The Morgan fingerprint density at radius 1 is 1.00 bits per heavy atom. The van der Waals surface area contributed by atoms with Crippen LogP contribution in [0.25, 0.3) is 10.8 Å². The van der Waals surface area contributed by atoms with Crippen molar-refractivity contribution in [2.45, 2.75) is 6.54 Å². The maximum absolute atomic E-state index is 13.3. The van der Waals surface area contributed by atoms with Crippen LogP contribution in [0, 0.1) is 5.82 Å². The van der Waals surface area contributed by atoms with Gasteiger partial charge in [-0.25, -0.2) is 4.39 Å². The Morgan fingerprint density at radius 2 is 1.76 bits per heavy atom. The monoisotopic (exact) mass is 363 g/mol. The van der Waals surface area contributed by atoms with Crippen molar-refractivity contribution in [2.75, 3.05) is 5.32 Å². The van der Waals surface area contributed by atoms with Crippen LogP contribution in [0.1, 0.15) is 5.56 Å². The molecule has 106 valence electrons. The topological polar surface area (TPSA) is 12.0 Å². The molecule has 0 heterocycles. The fraction of sp³-hybridized carbons (Fsp3) is 0.0588. The highest BCUT2D eigenvalue weighted by Crippen LogP contribution is 2.30. The molecule has 0 amide bonds. The summed E-state index contributed by atoms with van der Waals surface area (Å²) in [5.41, 5.74) is 1.73. The van der Waals surface area contributed by atoms with Crippen LogP contribution in [-0.4, -0.2) is 0 Å². The maximum atomic E-state index is 13.3. The van der Waals surface area contributed by atoms with Crippen LogP contribution in [-0.2, 0) is 6.54 Å². The molecule has 0 aliphatic rings. The van der Waals surface area contributed by atoms with Crippen molar-refractivity contribution in [1.82, 2.24) is 0 Å². The Kier molecular flexibility index (Phi) is 4.13. The second-order valence-corrected chi connectivity index (χ2v) is 5.99. The second kappa shape index (κ2) is 6.04. The largest absolute Gasteiger partial charge is 0.380 e. The summed E-state index contributed by atoms with van der Waals surface area (Å²) in [5, 5.41) is 6.13. The lowest BCUT2D eigenvalue weighted by atomic mass is 10.1. The van der Waals surface area contributed by atoms with Gasteiger partial charge in [0.25, 0.3) is 0 Å². The predicted octanol–water partition coefficient (Wildman–Crippen LogP) is 6.01. The van der Waals surface area contributed by atoms with Gasteiger partial charge in [0, 0.05) is 27.1 Å². The van der Waals surface area contributed by atoms with Gasteiger partial charge in [-0.15, -0.1) is 0 Å². The Hall–Kier alpha value is -1.58. The van der Waals surface area contributed by atoms with Crippen LogP contribution in [0.5, 0.6) is 0 Å². The van der Waals surface area contributed by atoms with Crippen LogP contribution < -0.4 is 5.32 Å². The number of benzene rings is 3. The van der Waals surface area contributed by atoms with E-state index in [9.17, 15) is 4.39 Å². The highest BCUT2D eigenvalue weighted by atomic mass is 79.9. The summed E-state index contributed by atoms with van der Waals surface area (Å²) in [6.07, 6.45) is 0. The third-order valence-corrected chi connectivity index (χ3v) is 4.41. The minimum absolute atomic E-state index is 0.281. The number of hydrogen-bond acceptors (Lipinski definition) is 1. The smallest absolute Gasteiger partial charge is 0.123 e. The van der Waals surface area contributed by atoms with E-state index in [2.05, 4.69) is 33.4 Å². The molecule has 0 aliphatic heterocycles. The van der Waals surface area contributed by atoms with Gasteiger partial charge in [0.1, 0.15) is 5.82 Å². The summed E-state index contributed by atoms with van der Waals surface area (Å²) in [5.74, 6) is -0.281. The molecular formula is C17H12BrClFN. The minimum Gasteiger partial charge on any atom is -0.380 e. The number of rotatable bonds is 3. The van der Waals surface area contributed by atoms with Crippen LogP contribution >= 0.6 is 27.5 Å². The lowest BCUT2D eigenvalue weighted by Gasteiger charge is -2.12. The van der Waals surface area contributed by atoms with Crippen molar-refractivity contribution in [2.24, 2.45) is 0 Å². The highest BCUT2D eigenvalue weighted by molar-refractivity contribution is 9.10. The molecule has 0 aliphatic carbocycles. The summed E-state index contributed by atoms with van der Waals surface area (Å²) < 4.78 is 14.3. The van der Waals surface area contributed by atoms with E-state index in [-0.39, 0.29) is 5.82 Å². The SMILES string of the molecule is Fc1ccc(Cl)c(CNc2ccc(Br)c3ccccc23)c1. The molecule has 1 nitrogen and oxygen atoms in total. The Balaban J connectivity index is 1.92. The molecule has 0 aromatic heterocycles. The quantitative estimate of drug-likeness (QED) is 0.600. The van der Waals surface area contributed by atoms with E-state index >= 15 is 0 Å². The van der Waals surface area contributed by atoms with Gasteiger partial charge in [-0.1, -0.05) is 51.8 Å². The van der Waals surface area contributed by atoms with Gasteiger partial charge in [0.15, 0.2) is 0 Å². The standard InChI is InChI=1S/C17H12BrClFN/c18-15-6-8-17(14-4-2-1-3-13(14)15)21-10-11-9-12(20)5-7-16(11)19/h1-9,21H,10H2. The number of halogens is 3. The van der Waals surface area contributed by atoms with Gasteiger partial charge in [-0.2, -0.15) is 0 Å². The van der Waals surface area contributed by atoms with E-state index in [4.69, 9.17) is 11.6 Å². The molecule has 3 aromatic carbocycles. The molecule has 0 bridgehead atoms. The van der Waals surface area contributed by atoms with Crippen LogP contribution in [0.2, 0.25) is 5.02 Å². The van der Waals surface area contributed by atoms with E-state index < -0.39 is 0 Å². The Labute approximate surface area is 135 Å². The Bertz CT molecular complexity index is 804. The molecule has 1 N–H and O–H groups in total. The van der Waals surface area contributed by atoms with Crippen molar-refractivity contribution in [1.29, 1.82) is 0 Å². The second-order valence-electron chi connectivity index (χ2n) is 4.73. The molecule has 4 heteroatoms. The third kappa shape index (κ3) is 3.04. The van der Waals surface area contributed by atoms with Gasteiger partial charge in [0.2, 0.25) is 0 Å². The van der Waals surface area contributed by atoms with E-state index in [1.54, 1.807) is 6.07 Å². The first-order valence-electron chi connectivity index (χ1n) is 6.50. The summed E-state index contributed by atoms with van der Waals surface area (Å²) in [7, 11) is 0. The van der Waals surface area contributed by atoms with E-state index in [1.807, 2.05) is 24.3 Å². The van der Waals surface area contributed by atoms with E-state index in [1.165, 1.54) is 12.1 Å². The molecule has 3 rings (SSSR count). The average molecular weight is 365 g/mol. The number of nitrogens with one attached hydrogen (secondary N) is 1. The molecule has 21 heavy (non-hydrogen) atoms. The first-order valence-corrected chi connectivity index (χ1v) is 7.67. The van der Waals surface area contributed by atoms with Gasteiger partial charge >= 0.3 is 0 Å². The number of fused-ring (bicyclic) bond motifs is 1. The van der Waals surface area contributed by atoms with Crippen LogP contribution in [0.4, 0.5) is 10.1 Å². The zero-order valence-corrected chi connectivity index (χ0v) is 13.4. The normalized spacial score (nSPS) is 10.8. The minimum atomic E-state index is -0.281. The van der Waals surface area contributed by atoms with E-state index in [0.717, 1.165) is 26.5 Å². The fourth-order valence-electron chi connectivity index (χ4n) is 2.29. The molecule has 0 unspecified atom stereocenters. The van der Waals surface area contributed by atoms with Gasteiger partial charge in [-0.3, -0.25) is 0 Å². The van der Waals surface area contributed by atoms with Gasteiger partial charge < -0.3 is 5.32 Å².